The number of nitrogens with zero attached hydrogens (tertiary/aromatic N) is 3. The summed E-state index contributed by atoms with van der Waals surface area (Å²) in [5.74, 6) is 0.827. The third-order valence-corrected chi connectivity index (χ3v) is 5.70. The van der Waals surface area contributed by atoms with E-state index >= 15 is 0 Å². The van der Waals surface area contributed by atoms with E-state index in [2.05, 4.69) is 72.2 Å². The van der Waals surface area contributed by atoms with E-state index in [1.54, 1.807) is 0 Å². The molecule has 1 aromatic heterocycles. The molecule has 3 heteroatoms. The molecule has 3 rings (SSSR count). The van der Waals surface area contributed by atoms with Crippen molar-refractivity contribution in [1.82, 2.24) is 14.8 Å². The van der Waals surface area contributed by atoms with Gasteiger partial charge in [-0.2, -0.15) is 0 Å². The second-order valence-electron chi connectivity index (χ2n) is 8.05. The lowest BCUT2D eigenvalue weighted by Crippen LogP contribution is -2.38. The first-order valence-corrected chi connectivity index (χ1v) is 9.98. The van der Waals surface area contributed by atoms with Crippen molar-refractivity contribution in [1.29, 1.82) is 0 Å². The van der Waals surface area contributed by atoms with Crippen LogP contribution in [0.4, 0.5) is 0 Å². The van der Waals surface area contributed by atoms with Crippen LogP contribution in [0.3, 0.4) is 0 Å². The molecule has 26 heavy (non-hydrogen) atoms. The predicted octanol–water partition coefficient (Wildman–Crippen LogP) is 4.72. The maximum Gasteiger partial charge on any atom is 0.0543 e. The fourth-order valence-corrected chi connectivity index (χ4v) is 4.24. The van der Waals surface area contributed by atoms with Crippen LogP contribution in [0, 0.1) is 5.92 Å². The average molecular weight is 352 g/mol. The van der Waals surface area contributed by atoms with Crippen LogP contribution in [0.5, 0.6) is 0 Å². The van der Waals surface area contributed by atoms with Gasteiger partial charge in [-0.15, -0.1) is 0 Å². The molecule has 3 nitrogen and oxygen atoms in total. The molecule has 0 radical (unpaired) electrons. The predicted molar refractivity (Wildman–Crippen MR) is 109 cm³/mol. The van der Waals surface area contributed by atoms with Crippen LogP contribution < -0.4 is 0 Å². The number of hydrogen-bond donors (Lipinski definition) is 0. The summed E-state index contributed by atoms with van der Waals surface area (Å²) in [6, 6.07) is 16.0. The zero-order valence-electron chi connectivity index (χ0n) is 16.6. The molecule has 2 unspecified atom stereocenters. The van der Waals surface area contributed by atoms with E-state index in [4.69, 9.17) is 0 Å². The quantitative estimate of drug-likeness (QED) is 0.719. The molecule has 1 aromatic carbocycles. The summed E-state index contributed by atoms with van der Waals surface area (Å²) < 4.78 is 0. The van der Waals surface area contributed by atoms with Crippen molar-refractivity contribution in [3.63, 3.8) is 0 Å². The summed E-state index contributed by atoms with van der Waals surface area (Å²) >= 11 is 0. The van der Waals surface area contributed by atoms with E-state index in [0.717, 1.165) is 37.3 Å². The Morgan fingerprint density at radius 3 is 2.23 bits per heavy atom. The minimum absolute atomic E-state index is 0.743. The number of aromatic nitrogens is 1. The third-order valence-electron chi connectivity index (χ3n) is 5.70. The first-order chi connectivity index (χ1) is 12.6. The molecule has 2 atom stereocenters. The normalized spacial score (nSPS) is 20.7. The Kier molecular flexibility index (Phi) is 6.81. The standard InChI is InChI=1S/C23H33N3/c1-19-8-4-5-10-23(19)26(3)17-21-13-11-20(12-14-21)16-25(2)18-22-9-6-7-15-24-22/h6-7,9,11-15,19,23H,4-5,8,10,16-18H2,1-3H3. The van der Waals surface area contributed by atoms with Crippen molar-refractivity contribution in [3.8, 4) is 0 Å². The summed E-state index contributed by atoms with van der Waals surface area (Å²) in [6.07, 6.45) is 7.40. The Bertz CT molecular complexity index is 653. The lowest BCUT2D eigenvalue weighted by molar-refractivity contribution is 0.133. The zero-order valence-corrected chi connectivity index (χ0v) is 16.6. The molecule has 1 aliphatic rings. The number of pyridine rings is 1. The lowest BCUT2D eigenvalue weighted by Gasteiger charge is -2.36. The highest BCUT2D eigenvalue weighted by Crippen LogP contribution is 2.28. The van der Waals surface area contributed by atoms with Gasteiger partial charge in [-0.05, 0) is 56.1 Å². The van der Waals surface area contributed by atoms with Gasteiger partial charge in [-0.3, -0.25) is 14.8 Å². The van der Waals surface area contributed by atoms with E-state index in [-0.39, 0.29) is 0 Å². The molecule has 1 saturated carbocycles. The van der Waals surface area contributed by atoms with E-state index in [0.29, 0.717) is 0 Å². The number of hydrogen-bond acceptors (Lipinski definition) is 3. The molecule has 1 aliphatic carbocycles. The van der Waals surface area contributed by atoms with Gasteiger partial charge in [0.15, 0.2) is 0 Å². The van der Waals surface area contributed by atoms with E-state index < -0.39 is 0 Å². The van der Waals surface area contributed by atoms with Crippen LogP contribution in [0.15, 0.2) is 48.7 Å². The number of benzene rings is 1. The molecule has 0 aliphatic heterocycles. The van der Waals surface area contributed by atoms with Crippen molar-refractivity contribution < 1.29 is 0 Å². The molecular formula is C23H33N3. The fraction of sp³-hybridized carbons (Fsp3) is 0.522. The Morgan fingerprint density at radius 2 is 1.58 bits per heavy atom. The molecular weight excluding hydrogens is 318 g/mol. The van der Waals surface area contributed by atoms with Crippen LogP contribution in [0.2, 0.25) is 0 Å². The summed E-state index contributed by atoms with van der Waals surface area (Å²) in [5.41, 5.74) is 3.90. The third kappa shape index (κ3) is 5.39. The van der Waals surface area contributed by atoms with E-state index in [1.807, 2.05) is 12.3 Å². The maximum absolute atomic E-state index is 4.41. The van der Waals surface area contributed by atoms with Crippen molar-refractivity contribution in [2.45, 2.75) is 58.3 Å². The minimum Gasteiger partial charge on any atom is -0.299 e. The monoisotopic (exact) mass is 351 g/mol. The smallest absolute Gasteiger partial charge is 0.0543 e. The highest BCUT2D eigenvalue weighted by molar-refractivity contribution is 5.22. The van der Waals surface area contributed by atoms with Crippen molar-refractivity contribution in [3.05, 3.63) is 65.5 Å². The van der Waals surface area contributed by atoms with E-state index in [1.165, 1.54) is 36.8 Å². The van der Waals surface area contributed by atoms with Crippen LogP contribution >= 0.6 is 0 Å². The van der Waals surface area contributed by atoms with Crippen LogP contribution in [-0.4, -0.2) is 34.9 Å². The first kappa shape index (κ1) is 19.1. The molecule has 0 amide bonds. The summed E-state index contributed by atoms with van der Waals surface area (Å²) in [6.45, 7) is 5.30. The van der Waals surface area contributed by atoms with Gasteiger partial charge in [0.05, 0.1) is 5.69 Å². The maximum atomic E-state index is 4.41. The molecule has 2 aromatic rings. The molecule has 0 bridgehead atoms. The van der Waals surface area contributed by atoms with Gasteiger partial charge in [0.25, 0.3) is 0 Å². The highest BCUT2D eigenvalue weighted by Gasteiger charge is 2.24. The first-order valence-electron chi connectivity index (χ1n) is 9.98. The van der Waals surface area contributed by atoms with Gasteiger partial charge in [0.1, 0.15) is 0 Å². The van der Waals surface area contributed by atoms with Gasteiger partial charge >= 0.3 is 0 Å². The topological polar surface area (TPSA) is 19.4 Å². The average Bonchev–Trinajstić information content (AvgIpc) is 2.64. The second kappa shape index (κ2) is 9.29. The second-order valence-corrected chi connectivity index (χ2v) is 8.05. The SMILES string of the molecule is CC1CCCCC1N(C)Cc1ccc(CN(C)Cc2ccccn2)cc1. The fourth-order valence-electron chi connectivity index (χ4n) is 4.24. The van der Waals surface area contributed by atoms with Gasteiger partial charge in [0.2, 0.25) is 0 Å². The summed E-state index contributed by atoms with van der Waals surface area (Å²) in [4.78, 5) is 9.28. The van der Waals surface area contributed by atoms with Crippen molar-refractivity contribution >= 4 is 0 Å². The lowest BCUT2D eigenvalue weighted by atomic mass is 9.85. The summed E-state index contributed by atoms with van der Waals surface area (Å²) in [7, 11) is 4.45. The zero-order chi connectivity index (χ0) is 18.4. The summed E-state index contributed by atoms with van der Waals surface area (Å²) in [5, 5.41) is 0. The Hall–Kier alpha value is -1.71. The molecule has 0 N–H and O–H groups in total. The molecule has 0 saturated heterocycles. The minimum atomic E-state index is 0.743. The largest absolute Gasteiger partial charge is 0.299 e. The van der Waals surface area contributed by atoms with Crippen LogP contribution in [-0.2, 0) is 19.6 Å². The Labute approximate surface area is 159 Å². The van der Waals surface area contributed by atoms with Crippen molar-refractivity contribution in [2.24, 2.45) is 5.92 Å². The molecule has 1 heterocycles. The van der Waals surface area contributed by atoms with Gasteiger partial charge < -0.3 is 0 Å². The number of rotatable bonds is 7. The Morgan fingerprint density at radius 1 is 0.885 bits per heavy atom. The van der Waals surface area contributed by atoms with Gasteiger partial charge in [0, 0.05) is 31.9 Å². The van der Waals surface area contributed by atoms with Gasteiger partial charge in [-0.25, -0.2) is 0 Å². The van der Waals surface area contributed by atoms with Crippen LogP contribution in [0.1, 0.15) is 49.4 Å². The molecule has 0 spiro atoms. The molecule has 140 valence electrons. The van der Waals surface area contributed by atoms with E-state index in [9.17, 15) is 0 Å². The Balaban J connectivity index is 1.51. The highest BCUT2D eigenvalue weighted by atomic mass is 15.1. The molecule has 1 fully saturated rings. The van der Waals surface area contributed by atoms with Crippen LogP contribution in [0.25, 0.3) is 0 Å². The van der Waals surface area contributed by atoms with Gasteiger partial charge in [-0.1, -0.05) is 50.1 Å². The van der Waals surface area contributed by atoms with Crippen molar-refractivity contribution in [2.75, 3.05) is 14.1 Å².